The van der Waals surface area contributed by atoms with Gasteiger partial charge in [-0.15, -0.1) is 0 Å². The van der Waals surface area contributed by atoms with Crippen LogP contribution in [0.2, 0.25) is 0 Å². The van der Waals surface area contributed by atoms with E-state index in [-0.39, 0.29) is 11.6 Å². The third-order valence-electron chi connectivity index (χ3n) is 4.06. The maximum atomic E-state index is 10.7. The van der Waals surface area contributed by atoms with Crippen molar-refractivity contribution in [3.63, 3.8) is 0 Å². The van der Waals surface area contributed by atoms with Gasteiger partial charge in [-0.25, -0.2) is 0 Å². The lowest BCUT2D eigenvalue weighted by atomic mass is 10.0. The fourth-order valence-corrected chi connectivity index (χ4v) is 2.72. The van der Waals surface area contributed by atoms with Crippen LogP contribution in [-0.2, 0) is 0 Å². The summed E-state index contributed by atoms with van der Waals surface area (Å²) in [7, 11) is 0. The van der Waals surface area contributed by atoms with E-state index in [2.05, 4.69) is 21.9 Å². The van der Waals surface area contributed by atoms with E-state index in [1.165, 1.54) is 12.1 Å². The Morgan fingerprint density at radius 2 is 1.83 bits per heavy atom. The lowest BCUT2D eigenvalue weighted by Gasteiger charge is -2.36. The summed E-state index contributed by atoms with van der Waals surface area (Å²) in [5, 5.41) is 28.4. The molecule has 0 spiro atoms. The van der Waals surface area contributed by atoms with Gasteiger partial charge in [0.15, 0.2) is 0 Å². The molecule has 1 aromatic rings. The molecule has 1 aliphatic heterocycles. The molecule has 1 saturated heterocycles. The molecule has 2 rings (SSSR count). The molecule has 0 saturated carbocycles. The van der Waals surface area contributed by atoms with Crippen molar-refractivity contribution < 1.29 is 4.92 Å². The molecule has 1 fully saturated rings. The monoisotopic (exact) mass is 313 g/mol. The number of hydrogen-bond donors (Lipinski definition) is 0. The Morgan fingerprint density at radius 3 is 2.35 bits per heavy atom. The van der Waals surface area contributed by atoms with E-state index >= 15 is 0 Å². The lowest BCUT2D eigenvalue weighted by molar-refractivity contribution is -0.384. The molecule has 1 aromatic carbocycles. The molecule has 0 N–H and O–H groups in total. The molecule has 120 valence electrons. The molecule has 0 aliphatic carbocycles. The second-order valence-electron chi connectivity index (χ2n) is 5.58. The SMILES string of the molecule is N#CCC[C@H](C#N)CN1CCN(c2ccc([N+](=O)[O-])cc2)CC1. The summed E-state index contributed by atoms with van der Waals surface area (Å²) in [5.41, 5.74) is 1.08. The molecule has 7 nitrogen and oxygen atoms in total. The van der Waals surface area contributed by atoms with Gasteiger partial charge in [0.2, 0.25) is 0 Å². The van der Waals surface area contributed by atoms with Gasteiger partial charge >= 0.3 is 0 Å². The summed E-state index contributed by atoms with van der Waals surface area (Å²) in [6.07, 6.45) is 1.04. The molecule has 0 bridgehead atoms. The molecule has 1 heterocycles. The van der Waals surface area contributed by atoms with E-state index < -0.39 is 4.92 Å². The molecule has 0 unspecified atom stereocenters. The van der Waals surface area contributed by atoms with Crippen LogP contribution in [0, 0.1) is 38.7 Å². The Morgan fingerprint density at radius 1 is 1.17 bits per heavy atom. The number of non-ortho nitro benzene ring substituents is 1. The summed E-state index contributed by atoms with van der Waals surface area (Å²) in [6.45, 7) is 4.05. The standard InChI is InChI=1S/C16H19N5O2/c17-7-1-2-14(12-18)13-19-8-10-20(11-9-19)15-3-5-16(6-4-15)21(22)23/h3-6,14H,1-2,8-11,13H2/t14-/m1/s1. The smallest absolute Gasteiger partial charge is 0.269 e. The van der Waals surface area contributed by atoms with E-state index in [1.54, 1.807) is 12.1 Å². The van der Waals surface area contributed by atoms with Crippen LogP contribution in [0.5, 0.6) is 0 Å². The fraction of sp³-hybridized carbons (Fsp3) is 0.500. The van der Waals surface area contributed by atoms with E-state index in [1.807, 2.05) is 0 Å². The number of rotatable bonds is 6. The first-order valence-corrected chi connectivity index (χ1v) is 7.62. The highest BCUT2D eigenvalue weighted by atomic mass is 16.6. The number of nitro groups is 1. The molecule has 0 amide bonds. The van der Waals surface area contributed by atoms with Crippen molar-refractivity contribution in [2.24, 2.45) is 5.92 Å². The number of nitrogens with zero attached hydrogens (tertiary/aromatic N) is 5. The highest BCUT2D eigenvalue weighted by Crippen LogP contribution is 2.21. The van der Waals surface area contributed by atoms with Crippen molar-refractivity contribution in [2.45, 2.75) is 12.8 Å². The summed E-state index contributed by atoms with van der Waals surface area (Å²) < 4.78 is 0. The van der Waals surface area contributed by atoms with Gasteiger partial charge in [-0.3, -0.25) is 15.0 Å². The van der Waals surface area contributed by atoms with Gasteiger partial charge in [0.05, 0.1) is 23.0 Å². The van der Waals surface area contributed by atoms with Crippen LogP contribution in [0.15, 0.2) is 24.3 Å². The number of piperazine rings is 1. The number of anilines is 1. The largest absolute Gasteiger partial charge is 0.369 e. The molecule has 0 aromatic heterocycles. The fourth-order valence-electron chi connectivity index (χ4n) is 2.72. The van der Waals surface area contributed by atoms with Crippen molar-refractivity contribution in [3.8, 4) is 12.1 Å². The van der Waals surface area contributed by atoms with Crippen molar-refractivity contribution in [1.82, 2.24) is 4.90 Å². The van der Waals surface area contributed by atoms with E-state index in [4.69, 9.17) is 10.5 Å². The van der Waals surface area contributed by atoms with Crippen LogP contribution in [0.25, 0.3) is 0 Å². The summed E-state index contributed by atoms with van der Waals surface area (Å²) in [6, 6.07) is 11.0. The number of benzene rings is 1. The predicted molar refractivity (Wildman–Crippen MR) is 85.7 cm³/mol. The molecular formula is C16H19N5O2. The molecule has 1 atom stereocenters. The Labute approximate surface area is 135 Å². The molecular weight excluding hydrogens is 294 g/mol. The number of nitro benzene ring substituents is 1. The predicted octanol–water partition coefficient (Wildman–Crippen LogP) is 2.16. The van der Waals surface area contributed by atoms with Gasteiger partial charge in [0, 0.05) is 57.0 Å². The minimum absolute atomic E-state index is 0.0967. The van der Waals surface area contributed by atoms with Crippen molar-refractivity contribution in [1.29, 1.82) is 10.5 Å². The first-order valence-electron chi connectivity index (χ1n) is 7.62. The normalized spacial score (nSPS) is 16.3. The maximum Gasteiger partial charge on any atom is 0.269 e. The quantitative estimate of drug-likeness (QED) is 0.589. The molecule has 7 heteroatoms. The number of hydrogen-bond acceptors (Lipinski definition) is 6. The van der Waals surface area contributed by atoms with Crippen LogP contribution in [0.1, 0.15) is 12.8 Å². The molecule has 0 radical (unpaired) electrons. The lowest BCUT2D eigenvalue weighted by Crippen LogP contribution is -2.47. The van der Waals surface area contributed by atoms with Gasteiger partial charge in [-0.05, 0) is 18.6 Å². The molecule has 23 heavy (non-hydrogen) atoms. The van der Waals surface area contributed by atoms with Crippen LogP contribution in [0.3, 0.4) is 0 Å². The first-order chi connectivity index (χ1) is 11.1. The van der Waals surface area contributed by atoms with Gasteiger partial charge < -0.3 is 4.90 Å². The third kappa shape index (κ3) is 4.67. The van der Waals surface area contributed by atoms with Crippen molar-refractivity contribution >= 4 is 11.4 Å². The third-order valence-corrected chi connectivity index (χ3v) is 4.06. The van der Waals surface area contributed by atoms with Crippen molar-refractivity contribution in [2.75, 3.05) is 37.6 Å². The van der Waals surface area contributed by atoms with Gasteiger partial charge in [-0.1, -0.05) is 0 Å². The molecule has 1 aliphatic rings. The van der Waals surface area contributed by atoms with Crippen LogP contribution < -0.4 is 4.90 Å². The maximum absolute atomic E-state index is 10.7. The highest BCUT2D eigenvalue weighted by Gasteiger charge is 2.20. The zero-order valence-electron chi connectivity index (χ0n) is 12.9. The van der Waals surface area contributed by atoms with E-state index in [0.29, 0.717) is 19.4 Å². The second kappa shape index (κ2) is 8.11. The van der Waals surface area contributed by atoms with E-state index in [0.717, 1.165) is 31.9 Å². The summed E-state index contributed by atoms with van der Waals surface area (Å²) in [5.74, 6) is -0.0967. The minimum Gasteiger partial charge on any atom is -0.369 e. The van der Waals surface area contributed by atoms with Crippen LogP contribution in [-0.4, -0.2) is 42.5 Å². The second-order valence-corrected chi connectivity index (χ2v) is 5.58. The average molecular weight is 313 g/mol. The Hall–Kier alpha value is -2.64. The Balaban J connectivity index is 1.85. The van der Waals surface area contributed by atoms with Crippen LogP contribution >= 0.6 is 0 Å². The van der Waals surface area contributed by atoms with Gasteiger partial charge in [-0.2, -0.15) is 10.5 Å². The zero-order chi connectivity index (χ0) is 16.7. The van der Waals surface area contributed by atoms with Gasteiger partial charge in [0.1, 0.15) is 0 Å². The highest BCUT2D eigenvalue weighted by molar-refractivity contribution is 5.51. The summed E-state index contributed by atoms with van der Waals surface area (Å²) in [4.78, 5) is 14.7. The Bertz CT molecular complexity index is 609. The van der Waals surface area contributed by atoms with E-state index in [9.17, 15) is 10.1 Å². The zero-order valence-corrected chi connectivity index (χ0v) is 12.9. The Kier molecular flexibility index (Phi) is 5.90. The number of nitriles is 2. The minimum atomic E-state index is -0.398. The first kappa shape index (κ1) is 16.7. The van der Waals surface area contributed by atoms with Crippen LogP contribution in [0.4, 0.5) is 11.4 Å². The van der Waals surface area contributed by atoms with Crippen molar-refractivity contribution in [3.05, 3.63) is 34.4 Å². The average Bonchev–Trinajstić information content (AvgIpc) is 2.59. The topological polar surface area (TPSA) is 97.2 Å². The summed E-state index contributed by atoms with van der Waals surface area (Å²) >= 11 is 0. The van der Waals surface area contributed by atoms with Gasteiger partial charge in [0.25, 0.3) is 5.69 Å².